The van der Waals surface area contributed by atoms with E-state index in [1.165, 1.54) is 18.3 Å². The van der Waals surface area contributed by atoms with Crippen molar-refractivity contribution in [2.24, 2.45) is 5.84 Å². The first-order chi connectivity index (χ1) is 9.19. The highest BCUT2D eigenvalue weighted by Gasteiger charge is 2.06. The van der Waals surface area contributed by atoms with Crippen LogP contribution in [0.2, 0.25) is 0 Å². The van der Waals surface area contributed by atoms with Crippen LogP contribution in [0.4, 0.5) is 10.1 Å². The van der Waals surface area contributed by atoms with Gasteiger partial charge in [0.25, 0.3) is 5.91 Å². The van der Waals surface area contributed by atoms with Crippen molar-refractivity contribution in [1.82, 2.24) is 10.3 Å². The molecule has 0 saturated heterocycles. The van der Waals surface area contributed by atoms with Crippen molar-refractivity contribution in [3.63, 3.8) is 0 Å². The Hall–Kier alpha value is -2.47. The van der Waals surface area contributed by atoms with Crippen molar-refractivity contribution < 1.29 is 9.18 Å². The molecule has 4 N–H and O–H groups in total. The van der Waals surface area contributed by atoms with Gasteiger partial charge in [-0.05, 0) is 29.8 Å². The van der Waals surface area contributed by atoms with E-state index in [0.717, 1.165) is 0 Å². The molecule has 0 aliphatic carbocycles. The molecule has 2 rings (SSSR count). The number of carbonyl (C=O) groups excluding carboxylic acids is 1. The van der Waals surface area contributed by atoms with Gasteiger partial charge in [-0.1, -0.05) is 12.1 Å². The number of halogens is 1. The zero-order valence-electron chi connectivity index (χ0n) is 10.1. The molecule has 0 spiro atoms. The smallest absolute Gasteiger partial charge is 0.270 e. The van der Waals surface area contributed by atoms with Crippen LogP contribution in [-0.4, -0.2) is 10.9 Å². The molecule has 0 aliphatic heterocycles. The van der Waals surface area contributed by atoms with E-state index >= 15 is 0 Å². The van der Waals surface area contributed by atoms with Crippen LogP contribution in [0.3, 0.4) is 0 Å². The lowest BCUT2D eigenvalue weighted by atomic mass is 10.2. The maximum Gasteiger partial charge on any atom is 0.270 e. The summed E-state index contributed by atoms with van der Waals surface area (Å²) in [4.78, 5) is 15.7. The predicted octanol–water partition coefficient (Wildman–Crippen LogP) is 1.44. The number of hydrogen-bond donors (Lipinski definition) is 3. The topological polar surface area (TPSA) is 80.0 Å². The Bertz CT molecular complexity index is 571. The Morgan fingerprint density at radius 1 is 1.32 bits per heavy atom. The van der Waals surface area contributed by atoms with E-state index in [0.29, 0.717) is 11.3 Å². The van der Waals surface area contributed by atoms with Crippen molar-refractivity contribution >= 4 is 11.6 Å². The molecule has 1 aromatic carbocycles. The minimum absolute atomic E-state index is 0.245. The molecule has 0 aliphatic rings. The maximum atomic E-state index is 13.0. The first kappa shape index (κ1) is 13.0. The number of hydrogen-bond acceptors (Lipinski definition) is 4. The second kappa shape index (κ2) is 5.92. The van der Waals surface area contributed by atoms with E-state index in [9.17, 15) is 9.18 Å². The monoisotopic (exact) mass is 260 g/mol. The molecule has 1 aromatic heterocycles. The summed E-state index contributed by atoms with van der Waals surface area (Å²) in [6.45, 7) is 0.245. The van der Waals surface area contributed by atoms with Crippen LogP contribution in [0.15, 0.2) is 42.6 Å². The lowest BCUT2D eigenvalue weighted by Crippen LogP contribution is -2.23. The maximum absolute atomic E-state index is 13.0. The number of nitrogen functional groups attached to an aromatic ring is 1. The van der Waals surface area contributed by atoms with Crippen LogP contribution in [0, 0.1) is 5.82 Å². The Labute approximate surface area is 109 Å². The van der Waals surface area contributed by atoms with Gasteiger partial charge >= 0.3 is 0 Å². The number of pyridine rings is 1. The molecular weight excluding hydrogens is 247 g/mol. The average Bonchev–Trinajstić information content (AvgIpc) is 2.45. The third-order valence-electron chi connectivity index (χ3n) is 2.50. The Kier molecular flexibility index (Phi) is 4.04. The number of hydrazine groups is 1. The van der Waals surface area contributed by atoms with E-state index in [1.54, 1.807) is 24.3 Å². The van der Waals surface area contributed by atoms with Crippen LogP contribution in [0.1, 0.15) is 16.1 Å². The second-order valence-corrected chi connectivity index (χ2v) is 3.89. The summed E-state index contributed by atoms with van der Waals surface area (Å²) in [5, 5.41) is 2.66. The first-order valence-electron chi connectivity index (χ1n) is 5.64. The lowest BCUT2D eigenvalue weighted by Gasteiger charge is -2.05. The van der Waals surface area contributed by atoms with Gasteiger partial charge in [0.15, 0.2) is 0 Å². The third kappa shape index (κ3) is 3.49. The summed E-state index contributed by atoms with van der Waals surface area (Å²) in [5.74, 6) is 4.54. The molecule has 0 unspecified atom stereocenters. The van der Waals surface area contributed by atoms with Crippen LogP contribution in [0.25, 0.3) is 0 Å². The summed E-state index contributed by atoms with van der Waals surface area (Å²) < 4.78 is 13.0. The van der Waals surface area contributed by atoms with Crippen LogP contribution in [-0.2, 0) is 6.54 Å². The third-order valence-corrected chi connectivity index (χ3v) is 2.50. The van der Waals surface area contributed by atoms with Gasteiger partial charge in [-0.3, -0.25) is 10.6 Å². The molecule has 19 heavy (non-hydrogen) atoms. The Morgan fingerprint density at radius 2 is 2.16 bits per heavy atom. The van der Waals surface area contributed by atoms with Crippen molar-refractivity contribution in [3.05, 3.63) is 59.7 Å². The van der Waals surface area contributed by atoms with Gasteiger partial charge in [0, 0.05) is 6.54 Å². The molecule has 1 amide bonds. The number of amides is 1. The molecule has 0 fully saturated rings. The zero-order chi connectivity index (χ0) is 13.7. The number of nitrogens with one attached hydrogen (secondary N) is 2. The van der Waals surface area contributed by atoms with Gasteiger partial charge in [-0.25, -0.2) is 9.37 Å². The Morgan fingerprint density at radius 3 is 2.79 bits per heavy atom. The molecule has 98 valence electrons. The number of carbonyl (C=O) groups is 1. The normalized spacial score (nSPS) is 10.0. The predicted molar refractivity (Wildman–Crippen MR) is 69.6 cm³/mol. The quantitative estimate of drug-likeness (QED) is 0.574. The highest BCUT2D eigenvalue weighted by Crippen LogP contribution is 2.05. The molecule has 1 heterocycles. The second-order valence-electron chi connectivity index (χ2n) is 3.89. The summed E-state index contributed by atoms with van der Waals surface area (Å²) >= 11 is 0. The van der Waals surface area contributed by atoms with Crippen LogP contribution >= 0.6 is 0 Å². The molecular formula is C13H13FN4O. The first-order valence-corrected chi connectivity index (χ1v) is 5.64. The highest BCUT2D eigenvalue weighted by atomic mass is 19.1. The van der Waals surface area contributed by atoms with Gasteiger partial charge in [0.05, 0.1) is 11.9 Å². The fraction of sp³-hybridized carbons (Fsp3) is 0.0769. The van der Waals surface area contributed by atoms with E-state index in [1.807, 2.05) is 0 Å². The minimum atomic E-state index is -0.330. The molecule has 5 nitrogen and oxygen atoms in total. The van der Waals surface area contributed by atoms with E-state index in [4.69, 9.17) is 5.84 Å². The zero-order valence-corrected chi connectivity index (χ0v) is 10.1. The molecule has 6 heteroatoms. The van der Waals surface area contributed by atoms with E-state index in [2.05, 4.69) is 15.7 Å². The fourth-order valence-corrected chi connectivity index (χ4v) is 1.53. The van der Waals surface area contributed by atoms with Crippen LogP contribution in [0.5, 0.6) is 0 Å². The fourth-order valence-electron chi connectivity index (χ4n) is 1.53. The summed E-state index contributed by atoms with van der Waals surface area (Å²) in [6, 6.07) is 9.25. The highest BCUT2D eigenvalue weighted by molar-refractivity contribution is 5.92. The summed E-state index contributed by atoms with van der Waals surface area (Å²) in [5.41, 5.74) is 4.00. The van der Waals surface area contributed by atoms with Crippen molar-refractivity contribution in [2.75, 3.05) is 5.43 Å². The molecule has 0 radical (unpaired) electrons. The average molecular weight is 260 g/mol. The number of anilines is 1. The SMILES string of the molecule is NNc1ccc(C(=O)NCc2cccc(F)c2)nc1. The number of benzene rings is 1. The number of rotatable bonds is 4. The molecule has 2 aromatic rings. The van der Waals surface area contributed by atoms with Crippen molar-refractivity contribution in [2.45, 2.75) is 6.54 Å². The number of nitrogens with zero attached hydrogens (tertiary/aromatic N) is 1. The van der Waals surface area contributed by atoms with Gasteiger partial charge in [-0.2, -0.15) is 0 Å². The van der Waals surface area contributed by atoms with Gasteiger partial charge in [0.2, 0.25) is 0 Å². The largest absolute Gasteiger partial charge is 0.347 e. The van der Waals surface area contributed by atoms with Crippen molar-refractivity contribution in [3.8, 4) is 0 Å². The summed E-state index contributed by atoms with van der Waals surface area (Å²) in [7, 11) is 0. The summed E-state index contributed by atoms with van der Waals surface area (Å²) in [6.07, 6.45) is 1.46. The molecule has 0 atom stereocenters. The Balaban J connectivity index is 1.97. The standard InChI is InChI=1S/C13H13FN4O/c14-10-3-1-2-9(6-10)7-17-13(19)12-5-4-11(18-15)8-16-12/h1-6,8,18H,7,15H2,(H,17,19). The lowest BCUT2D eigenvalue weighted by molar-refractivity contribution is 0.0946. The van der Waals surface area contributed by atoms with Gasteiger partial charge < -0.3 is 10.7 Å². The van der Waals surface area contributed by atoms with E-state index in [-0.39, 0.29) is 24.0 Å². The molecule has 0 bridgehead atoms. The minimum Gasteiger partial charge on any atom is -0.347 e. The van der Waals surface area contributed by atoms with Gasteiger partial charge in [-0.15, -0.1) is 0 Å². The van der Waals surface area contributed by atoms with E-state index < -0.39 is 0 Å². The van der Waals surface area contributed by atoms with Crippen molar-refractivity contribution in [1.29, 1.82) is 0 Å². The van der Waals surface area contributed by atoms with Crippen LogP contribution < -0.4 is 16.6 Å². The van der Waals surface area contributed by atoms with Gasteiger partial charge in [0.1, 0.15) is 11.5 Å². The number of aromatic nitrogens is 1. The molecule has 0 saturated carbocycles. The number of nitrogens with two attached hydrogens (primary N) is 1.